The van der Waals surface area contributed by atoms with Crippen LogP contribution in [-0.2, 0) is 11.2 Å². The number of carboxylic acid groups (broad SMARTS) is 1. The van der Waals surface area contributed by atoms with Gasteiger partial charge < -0.3 is 14.6 Å². The van der Waals surface area contributed by atoms with Crippen LogP contribution in [0.5, 0.6) is 11.5 Å². The summed E-state index contributed by atoms with van der Waals surface area (Å²) in [5, 5.41) is 10.1. The summed E-state index contributed by atoms with van der Waals surface area (Å²) in [5.41, 5.74) is 0.620. The van der Waals surface area contributed by atoms with Gasteiger partial charge in [-0.25, -0.2) is 4.79 Å². The minimum Gasteiger partial charge on any atom is -0.497 e. The van der Waals surface area contributed by atoms with Crippen molar-refractivity contribution in [3.05, 3.63) is 58.1 Å². The maximum absolute atomic E-state index is 11.4. The topological polar surface area (TPSA) is 55.8 Å². The Morgan fingerprint density at radius 2 is 1.77 bits per heavy atom. The molecule has 1 N–H and O–H groups in total. The predicted molar refractivity (Wildman–Crippen MR) is 85.2 cm³/mol. The number of carboxylic acids is 1. The molecule has 0 radical (unpaired) electrons. The molecule has 2 aromatic rings. The molecule has 0 spiro atoms. The van der Waals surface area contributed by atoms with Gasteiger partial charge in [0.25, 0.3) is 0 Å². The molecule has 2 rings (SSSR count). The molecule has 0 bridgehead atoms. The standard InChI is InChI=1S/C16H14Cl2O4/c1-21-11-5-7-12(8-6-11)22-14(16(19)20)9-10-3-2-4-13(17)15(10)18/h2-8,14H,9H2,1H3,(H,19,20)/t14-/m1/s1. The molecule has 22 heavy (non-hydrogen) atoms. The van der Waals surface area contributed by atoms with Crippen LogP contribution in [0.3, 0.4) is 0 Å². The van der Waals surface area contributed by atoms with E-state index in [-0.39, 0.29) is 6.42 Å². The molecule has 0 aliphatic rings. The lowest BCUT2D eigenvalue weighted by Crippen LogP contribution is -2.29. The van der Waals surface area contributed by atoms with Gasteiger partial charge in [-0.3, -0.25) is 0 Å². The summed E-state index contributed by atoms with van der Waals surface area (Å²) in [4.78, 5) is 11.4. The van der Waals surface area contributed by atoms with Crippen LogP contribution >= 0.6 is 23.2 Å². The first-order chi connectivity index (χ1) is 10.5. The first kappa shape index (κ1) is 16.5. The van der Waals surface area contributed by atoms with E-state index in [2.05, 4.69) is 0 Å². The highest BCUT2D eigenvalue weighted by atomic mass is 35.5. The van der Waals surface area contributed by atoms with Gasteiger partial charge in [0.05, 0.1) is 17.2 Å². The van der Waals surface area contributed by atoms with E-state index in [0.29, 0.717) is 27.1 Å². The highest BCUT2D eigenvalue weighted by Gasteiger charge is 2.22. The number of carbonyl (C=O) groups is 1. The van der Waals surface area contributed by atoms with Crippen molar-refractivity contribution in [3.8, 4) is 11.5 Å². The van der Waals surface area contributed by atoms with Crippen LogP contribution in [0.1, 0.15) is 5.56 Å². The largest absolute Gasteiger partial charge is 0.497 e. The maximum Gasteiger partial charge on any atom is 0.345 e. The fourth-order valence-corrected chi connectivity index (χ4v) is 2.30. The van der Waals surface area contributed by atoms with E-state index < -0.39 is 12.1 Å². The second kappa shape index (κ2) is 7.38. The zero-order valence-electron chi connectivity index (χ0n) is 11.8. The van der Waals surface area contributed by atoms with E-state index in [4.69, 9.17) is 32.7 Å². The summed E-state index contributed by atoms with van der Waals surface area (Å²) in [6.07, 6.45) is -0.954. The molecule has 116 valence electrons. The monoisotopic (exact) mass is 340 g/mol. The average molecular weight is 341 g/mol. The molecule has 2 aromatic carbocycles. The van der Waals surface area contributed by atoms with E-state index >= 15 is 0 Å². The van der Waals surface area contributed by atoms with Crippen molar-refractivity contribution >= 4 is 29.2 Å². The molecule has 4 nitrogen and oxygen atoms in total. The molecule has 6 heteroatoms. The third-order valence-corrected chi connectivity index (χ3v) is 3.91. The number of aliphatic carboxylic acids is 1. The van der Waals surface area contributed by atoms with Gasteiger partial charge in [-0.15, -0.1) is 0 Å². The third kappa shape index (κ3) is 4.06. The first-order valence-corrected chi connectivity index (χ1v) is 7.23. The first-order valence-electron chi connectivity index (χ1n) is 6.47. The Bertz CT molecular complexity index is 656. The van der Waals surface area contributed by atoms with Crippen molar-refractivity contribution in [2.45, 2.75) is 12.5 Å². The molecule has 0 saturated heterocycles. The smallest absolute Gasteiger partial charge is 0.345 e. The SMILES string of the molecule is COc1ccc(O[C@H](Cc2cccc(Cl)c2Cl)C(=O)O)cc1. The van der Waals surface area contributed by atoms with Crippen LogP contribution in [0.25, 0.3) is 0 Å². The summed E-state index contributed by atoms with van der Waals surface area (Å²) in [6, 6.07) is 11.8. The minimum atomic E-state index is -1.08. The van der Waals surface area contributed by atoms with Crippen LogP contribution < -0.4 is 9.47 Å². The number of hydrogen-bond acceptors (Lipinski definition) is 3. The second-order valence-corrected chi connectivity index (χ2v) is 5.32. The van der Waals surface area contributed by atoms with Crippen molar-refractivity contribution in [3.63, 3.8) is 0 Å². The molecular weight excluding hydrogens is 327 g/mol. The molecule has 0 aliphatic heterocycles. The van der Waals surface area contributed by atoms with E-state index in [1.807, 2.05) is 0 Å². The van der Waals surface area contributed by atoms with Crippen molar-refractivity contribution in [2.24, 2.45) is 0 Å². The molecule has 0 fully saturated rings. The second-order valence-electron chi connectivity index (χ2n) is 4.54. The Morgan fingerprint density at radius 3 is 2.36 bits per heavy atom. The van der Waals surface area contributed by atoms with Crippen LogP contribution in [0.15, 0.2) is 42.5 Å². The predicted octanol–water partition coefficient (Wildman–Crippen LogP) is 4.08. The van der Waals surface area contributed by atoms with Gasteiger partial charge in [0, 0.05) is 6.42 Å². The fraction of sp³-hybridized carbons (Fsp3) is 0.188. The Balaban J connectivity index is 2.16. The number of benzene rings is 2. The minimum absolute atomic E-state index is 0.112. The Morgan fingerprint density at radius 1 is 1.14 bits per heavy atom. The number of rotatable bonds is 6. The fourth-order valence-electron chi connectivity index (χ4n) is 1.90. The van der Waals surface area contributed by atoms with Crippen molar-refractivity contribution in [1.82, 2.24) is 0 Å². The molecule has 1 atom stereocenters. The number of ether oxygens (including phenoxy) is 2. The van der Waals surface area contributed by atoms with Crippen molar-refractivity contribution in [1.29, 1.82) is 0 Å². The lowest BCUT2D eigenvalue weighted by Gasteiger charge is -2.16. The Hall–Kier alpha value is -1.91. The zero-order chi connectivity index (χ0) is 16.1. The van der Waals surface area contributed by atoms with Crippen LogP contribution in [-0.4, -0.2) is 24.3 Å². The van der Waals surface area contributed by atoms with Crippen molar-refractivity contribution < 1.29 is 19.4 Å². The zero-order valence-corrected chi connectivity index (χ0v) is 13.3. The van der Waals surface area contributed by atoms with E-state index in [1.54, 1.807) is 49.6 Å². The normalized spacial score (nSPS) is 11.8. The third-order valence-electron chi connectivity index (χ3n) is 3.05. The van der Waals surface area contributed by atoms with Gasteiger partial charge in [-0.05, 0) is 35.9 Å². The van der Waals surface area contributed by atoms with Gasteiger partial charge in [0.15, 0.2) is 6.10 Å². The lowest BCUT2D eigenvalue weighted by molar-refractivity contribution is -0.145. The summed E-state index contributed by atoms with van der Waals surface area (Å²) < 4.78 is 10.6. The summed E-state index contributed by atoms with van der Waals surface area (Å²) in [6.45, 7) is 0. The molecule has 0 unspecified atom stereocenters. The Kier molecular flexibility index (Phi) is 5.52. The summed E-state index contributed by atoms with van der Waals surface area (Å²) in [5.74, 6) is 0.0234. The molecule has 0 aliphatic carbocycles. The number of methoxy groups -OCH3 is 1. The molecule has 0 heterocycles. The van der Waals surface area contributed by atoms with Gasteiger partial charge in [-0.1, -0.05) is 35.3 Å². The molecule has 0 aromatic heterocycles. The molecule has 0 saturated carbocycles. The lowest BCUT2D eigenvalue weighted by atomic mass is 10.1. The van der Waals surface area contributed by atoms with Crippen LogP contribution in [0.2, 0.25) is 10.0 Å². The van der Waals surface area contributed by atoms with Gasteiger partial charge in [-0.2, -0.15) is 0 Å². The van der Waals surface area contributed by atoms with Gasteiger partial charge in [0.1, 0.15) is 11.5 Å². The molecular formula is C16H14Cl2O4. The molecule has 0 amide bonds. The quantitative estimate of drug-likeness (QED) is 0.860. The highest BCUT2D eigenvalue weighted by molar-refractivity contribution is 6.42. The maximum atomic E-state index is 11.4. The van der Waals surface area contributed by atoms with E-state index in [1.165, 1.54) is 0 Å². The van der Waals surface area contributed by atoms with Gasteiger partial charge >= 0.3 is 5.97 Å². The van der Waals surface area contributed by atoms with Crippen LogP contribution in [0, 0.1) is 0 Å². The highest BCUT2D eigenvalue weighted by Crippen LogP contribution is 2.27. The Labute approximate surface area is 138 Å². The number of halogens is 2. The average Bonchev–Trinajstić information content (AvgIpc) is 2.51. The summed E-state index contributed by atoms with van der Waals surface area (Å²) >= 11 is 12.0. The summed E-state index contributed by atoms with van der Waals surface area (Å²) in [7, 11) is 1.55. The van der Waals surface area contributed by atoms with E-state index in [9.17, 15) is 9.90 Å². The van der Waals surface area contributed by atoms with E-state index in [0.717, 1.165) is 0 Å². The number of hydrogen-bond donors (Lipinski definition) is 1. The van der Waals surface area contributed by atoms with Crippen molar-refractivity contribution in [2.75, 3.05) is 7.11 Å². The van der Waals surface area contributed by atoms with Crippen LogP contribution in [0.4, 0.5) is 0 Å². The van der Waals surface area contributed by atoms with Gasteiger partial charge in [0.2, 0.25) is 0 Å².